The third kappa shape index (κ3) is 2.67. The van der Waals surface area contributed by atoms with Crippen LogP contribution in [-0.2, 0) is 13.6 Å². The van der Waals surface area contributed by atoms with E-state index in [4.69, 9.17) is 16.1 Å². The number of hydrogen-bond donors (Lipinski definition) is 1. The molecular weight excluding hydrogens is 264 g/mol. The van der Waals surface area contributed by atoms with E-state index >= 15 is 0 Å². The molecule has 2 aromatic rings. The lowest BCUT2D eigenvalue weighted by molar-refractivity contribution is 0.390. The Bertz CT molecular complexity index is 568. The van der Waals surface area contributed by atoms with Crippen LogP contribution in [-0.4, -0.2) is 14.9 Å². The van der Waals surface area contributed by atoms with E-state index in [1.165, 1.54) is 0 Å². The third-order valence-corrected chi connectivity index (χ3v) is 3.85. The van der Waals surface area contributed by atoms with Crippen LogP contribution in [0.4, 0.5) is 0 Å². The van der Waals surface area contributed by atoms with Crippen LogP contribution in [0.2, 0.25) is 5.02 Å². The lowest BCUT2D eigenvalue weighted by Crippen LogP contribution is -2.20. The molecule has 0 spiro atoms. The van der Waals surface area contributed by atoms with Crippen molar-refractivity contribution in [1.29, 1.82) is 0 Å². The molecule has 5 nitrogen and oxygen atoms in total. The van der Waals surface area contributed by atoms with Crippen LogP contribution < -0.4 is 5.32 Å². The van der Waals surface area contributed by atoms with Gasteiger partial charge in [0.1, 0.15) is 5.76 Å². The molecule has 0 saturated carbocycles. The SMILES string of the molecule is Cc1nn(C)c(CNC(C)c2c(C)noc2C)c1Cl. The van der Waals surface area contributed by atoms with E-state index < -0.39 is 0 Å². The lowest BCUT2D eigenvalue weighted by atomic mass is 10.1. The number of rotatable bonds is 4. The average molecular weight is 283 g/mol. The first-order valence-corrected chi connectivity index (χ1v) is 6.63. The summed E-state index contributed by atoms with van der Waals surface area (Å²) in [5.41, 5.74) is 3.86. The van der Waals surface area contributed by atoms with Gasteiger partial charge >= 0.3 is 0 Å². The predicted octanol–water partition coefficient (Wildman–Crippen LogP) is 2.84. The van der Waals surface area contributed by atoms with Crippen LogP contribution in [0.3, 0.4) is 0 Å². The fraction of sp³-hybridized carbons (Fsp3) is 0.538. The minimum absolute atomic E-state index is 0.150. The van der Waals surface area contributed by atoms with Crippen molar-refractivity contribution in [3.8, 4) is 0 Å². The highest BCUT2D eigenvalue weighted by molar-refractivity contribution is 6.31. The van der Waals surface area contributed by atoms with Gasteiger partial charge in [-0.25, -0.2) is 0 Å². The smallest absolute Gasteiger partial charge is 0.138 e. The van der Waals surface area contributed by atoms with Gasteiger partial charge in [0.15, 0.2) is 0 Å². The van der Waals surface area contributed by atoms with Gasteiger partial charge in [0.05, 0.1) is 22.1 Å². The fourth-order valence-electron chi connectivity index (χ4n) is 2.33. The maximum atomic E-state index is 6.23. The van der Waals surface area contributed by atoms with Crippen molar-refractivity contribution in [3.05, 3.63) is 33.4 Å². The minimum Gasteiger partial charge on any atom is -0.361 e. The van der Waals surface area contributed by atoms with E-state index in [0.717, 1.165) is 33.4 Å². The van der Waals surface area contributed by atoms with Gasteiger partial charge in [0, 0.05) is 25.2 Å². The van der Waals surface area contributed by atoms with Gasteiger partial charge < -0.3 is 9.84 Å². The average Bonchev–Trinajstić information content (AvgIpc) is 2.79. The number of nitrogens with one attached hydrogen (secondary N) is 1. The van der Waals surface area contributed by atoms with Crippen LogP contribution >= 0.6 is 11.6 Å². The molecule has 0 saturated heterocycles. The van der Waals surface area contributed by atoms with Crippen LogP contribution in [0.1, 0.15) is 41.4 Å². The quantitative estimate of drug-likeness (QED) is 0.937. The van der Waals surface area contributed by atoms with E-state index in [0.29, 0.717) is 6.54 Å². The van der Waals surface area contributed by atoms with Crippen LogP contribution in [0.5, 0.6) is 0 Å². The highest BCUT2D eigenvalue weighted by atomic mass is 35.5. The van der Waals surface area contributed by atoms with Crippen LogP contribution in [0.25, 0.3) is 0 Å². The maximum Gasteiger partial charge on any atom is 0.138 e. The molecule has 2 rings (SSSR count). The summed E-state index contributed by atoms with van der Waals surface area (Å²) in [5.74, 6) is 0.852. The normalized spacial score (nSPS) is 12.9. The van der Waals surface area contributed by atoms with E-state index in [9.17, 15) is 0 Å². The van der Waals surface area contributed by atoms with Crippen molar-refractivity contribution >= 4 is 11.6 Å². The summed E-state index contributed by atoms with van der Waals surface area (Å²) >= 11 is 6.23. The molecule has 19 heavy (non-hydrogen) atoms. The molecule has 104 valence electrons. The molecular formula is C13H19ClN4O. The maximum absolute atomic E-state index is 6.23. The van der Waals surface area contributed by atoms with Gasteiger partial charge in [0.25, 0.3) is 0 Å². The molecule has 1 atom stereocenters. The Labute approximate surface area is 117 Å². The first-order valence-electron chi connectivity index (χ1n) is 6.26. The van der Waals surface area contributed by atoms with E-state index in [1.807, 2.05) is 32.5 Å². The van der Waals surface area contributed by atoms with Gasteiger partial charge in [-0.1, -0.05) is 16.8 Å². The summed E-state index contributed by atoms with van der Waals surface area (Å²) in [6, 6.07) is 0.150. The van der Waals surface area contributed by atoms with Crippen molar-refractivity contribution in [3.63, 3.8) is 0 Å². The summed E-state index contributed by atoms with van der Waals surface area (Å²) in [4.78, 5) is 0. The highest BCUT2D eigenvalue weighted by Crippen LogP contribution is 2.23. The van der Waals surface area contributed by atoms with Gasteiger partial charge in [-0.3, -0.25) is 4.68 Å². The summed E-state index contributed by atoms with van der Waals surface area (Å²) in [6.45, 7) is 8.52. The first-order chi connectivity index (χ1) is 8.91. The second-order valence-electron chi connectivity index (χ2n) is 4.81. The van der Waals surface area contributed by atoms with Crippen LogP contribution in [0, 0.1) is 20.8 Å². The fourth-order valence-corrected chi connectivity index (χ4v) is 2.56. The Kier molecular flexibility index (Phi) is 3.96. The highest BCUT2D eigenvalue weighted by Gasteiger charge is 2.17. The molecule has 6 heteroatoms. The number of halogens is 1. The van der Waals surface area contributed by atoms with Gasteiger partial charge in [-0.2, -0.15) is 5.10 Å². The van der Waals surface area contributed by atoms with Gasteiger partial charge in [-0.15, -0.1) is 0 Å². The summed E-state index contributed by atoms with van der Waals surface area (Å²) in [5, 5.41) is 12.4. The van der Waals surface area contributed by atoms with E-state index in [2.05, 4.69) is 22.5 Å². The number of nitrogens with zero attached hydrogens (tertiary/aromatic N) is 3. The second kappa shape index (κ2) is 5.35. The number of aryl methyl sites for hydroxylation is 4. The van der Waals surface area contributed by atoms with Crippen molar-refractivity contribution in [2.24, 2.45) is 7.05 Å². The topological polar surface area (TPSA) is 55.9 Å². The molecule has 0 bridgehead atoms. The Morgan fingerprint density at radius 1 is 1.32 bits per heavy atom. The molecule has 0 fully saturated rings. The lowest BCUT2D eigenvalue weighted by Gasteiger charge is -2.14. The molecule has 1 unspecified atom stereocenters. The zero-order chi connectivity index (χ0) is 14.2. The second-order valence-corrected chi connectivity index (χ2v) is 5.19. The molecule has 0 radical (unpaired) electrons. The Morgan fingerprint density at radius 2 is 2.00 bits per heavy atom. The zero-order valence-corrected chi connectivity index (χ0v) is 12.7. The van der Waals surface area contributed by atoms with Gasteiger partial charge in [-0.05, 0) is 27.7 Å². The Hall–Kier alpha value is -1.33. The summed E-state index contributed by atoms with van der Waals surface area (Å²) < 4.78 is 7.00. The molecule has 0 amide bonds. The largest absolute Gasteiger partial charge is 0.361 e. The standard InChI is InChI=1S/C13H19ClN4O/c1-7(12-8(2)17-19-10(12)4)15-6-11-13(14)9(3)16-18(11)5/h7,15H,6H2,1-5H3. The first kappa shape index (κ1) is 14.1. The van der Waals surface area contributed by atoms with Crippen molar-refractivity contribution in [2.45, 2.75) is 40.3 Å². The van der Waals surface area contributed by atoms with Gasteiger partial charge in [0.2, 0.25) is 0 Å². The molecule has 0 aromatic carbocycles. The molecule has 2 heterocycles. The monoisotopic (exact) mass is 282 g/mol. The molecule has 1 N–H and O–H groups in total. The molecule has 2 aromatic heterocycles. The van der Waals surface area contributed by atoms with Crippen LogP contribution in [0.15, 0.2) is 4.52 Å². The van der Waals surface area contributed by atoms with Crippen molar-refractivity contribution in [2.75, 3.05) is 0 Å². The predicted molar refractivity (Wildman–Crippen MR) is 74.2 cm³/mol. The zero-order valence-electron chi connectivity index (χ0n) is 11.9. The summed E-state index contributed by atoms with van der Waals surface area (Å²) in [7, 11) is 1.90. The van der Waals surface area contributed by atoms with E-state index in [1.54, 1.807) is 0 Å². The Balaban J connectivity index is 2.11. The van der Waals surface area contributed by atoms with E-state index in [-0.39, 0.29) is 6.04 Å². The molecule has 0 aliphatic carbocycles. The third-order valence-electron chi connectivity index (χ3n) is 3.36. The number of hydrogen-bond acceptors (Lipinski definition) is 4. The summed E-state index contributed by atoms with van der Waals surface area (Å²) in [6.07, 6.45) is 0. The molecule has 0 aliphatic rings. The minimum atomic E-state index is 0.150. The van der Waals surface area contributed by atoms with Crippen molar-refractivity contribution < 1.29 is 4.52 Å². The molecule has 0 aliphatic heterocycles. The number of aromatic nitrogens is 3. The Morgan fingerprint density at radius 3 is 2.47 bits per heavy atom. The van der Waals surface area contributed by atoms with Crippen molar-refractivity contribution in [1.82, 2.24) is 20.3 Å².